The first-order valence-corrected chi connectivity index (χ1v) is 10.4. The smallest absolute Gasteiger partial charge is 0.409 e. The van der Waals surface area contributed by atoms with Crippen LogP contribution in [-0.2, 0) is 20.7 Å². The maximum absolute atomic E-state index is 12.5. The highest BCUT2D eigenvalue weighted by Crippen LogP contribution is 2.49. The third-order valence-corrected chi connectivity index (χ3v) is 4.94. The second kappa shape index (κ2) is 9.04. The molecule has 2 rings (SSSR count). The Morgan fingerprint density at radius 1 is 1.08 bits per heavy atom. The maximum atomic E-state index is 12.5. The number of hydrogen-bond acceptors (Lipinski definition) is 4. The number of nitrogens with one attached hydrogen (secondary N) is 1. The molecule has 0 aliphatic rings. The molecule has 0 amide bonds. The molecule has 2 atom stereocenters. The standard InChI is InChI=1S/C18H21ClNO4P/c1-14(2)17(18(21)23-13-15-9-5-3-6-10-15)20-25(19,22)24-16-11-7-4-8-12-16/h3-12,14,17H,13H2,1-2H3,(H,20,22). The van der Waals surface area contributed by atoms with Gasteiger partial charge in [-0.3, -0.25) is 4.79 Å². The van der Waals surface area contributed by atoms with Gasteiger partial charge in [-0.15, -0.1) is 0 Å². The summed E-state index contributed by atoms with van der Waals surface area (Å²) in [6.45, 7) is -0.00416. The molecule has 2 unspecified atom stereocenters. The zero-order chi connectivity index (χ0) is 18.3. The van der Waals surface area contributed by atoms with Crippen LogP contribution in [0.3, 0.4) is 0 Å². The zero-order valence-corrected chi connectivity index (χ0v) is 15.7. The minimum Gasteiger partial charge on any atom is -0.460 e. The first kappa shape index (κ1) is 19.5. The first-order valence-electron chi connectivity index (χ1n) is 7.90. The highest BCUT2D eigenvalue weighted by molar-refractivity contribution is 7.84. The van der Waals surface area contributed by atoms with Gasteiger partial charge in [-0.05, 0) is 23.6 Å². The Morgan fingerprint density at radius 3 is 2.20 bits per heavy atom. The molecule has 134 valence electrons. The van der Waals surface area contributed by atoms with E-state index in [1.54, 1.807) is 44.2 Å². The molecule has 7 heteroatoms. The van der Waals surface area contributed by atoms with Crippen LogP contribution in [0.2, 0.25) is 0 Å². The average molecular weight is 382 g/mol. The molecule has 0 saturated heterocycles. The molecule has 0 heterocycles. The summed E-state index contributed by atoms with van der Waals surface area (Å²) in [5.41, 5.74) is 0.868. The molecule has 0 radical (unpaired) electrons. The van der Waals surface area contributed by atoms with Gasteiger partial charge in [0.2, 0.25) is 0 Å². The van der Waals surface area contributed by atoms with Crippen molar-refractivity contribution < 1.29 is 18.6 Å². The molecule has 0 aliphatic heterocycles. The highest BCUT2D eigenvalue weighted by atomic mass is 35.7. The average Bonchev–Trinajstić information content (AvgIpc) is 2.59. The number of carbonyl (C=O) groups is 1. The Bertz CT molecular complexity index is 724. The van der Waals surface area contributed by atoms with Crippen molar-refractivity contribution in [2.24, 2.45) is 5.92 Å². The lowest BCUT2D eigenvalue weighted by atomic mass is 10.1. The van der Waals surface area contributed by atoms with Crippen molar-refractivity contribution in [3.05, 3.63) is 66.2 Å². The summed E-state index contributed by atoms with van der Waals surface area (Å²) in [6.07, 6.45) is 0. The van der Waals surface area contributed by atoms with E-state index in [1.807, 2.05) is 30.3 Å². The molecule has 0 spiro atoms. The number of benzene rings is 2. The van der Waals surface area contributed by atoms with Gasteiger partial charge in [0.05, 0.1) is 0 Å². The predicted octanol–water partition coefficient (Wildman–Crippen LogP) is 4.77. The number of esters is 1. The lowest BCUT2D eigenvalue weighted by Gasteiger charge is -2.23. The molecule has 25 heavy (non-hydrogen) atoms. The fraction of sp³-hybridized carbons (Fsp3) is 0.278. The van der Waals surface area contributed by atoms with E-state index in [2.05, 4.69) is 5.09 Å². The van der Waals surface area contributed by atoms with Crippen molar-refractivity contribution >= 4 is 24.1 Å². The van der Waals surface area contributed by atoms with Gasteiger partial charge in [-0.2, -0.15) is 0 Å². The SMILES string of the molecule is CC(C)C(NP(=O)(Cl)Oc1ccccc1)C(=O)OCc1ccccc1. The van der Waals surface area contributed by atoms with Gasteiger partial charge in [0.1, 0.15) is 18.4 Å². The first-order chi connectivity index (χ1) is 11.9. The normalized spacial score (nSPS) is 14.6. The van der Waals surface area contributed by atoms with Crippen molar-refractivity contribution in [2.45, 2.75) is 26.5 Å². The minimum absolute atomic E-state index is 0.136. The molecular formula is C18H21ClNO4P. The third kappa shape index (κ3) is 6.54. The zero-order valence-electron chi connectivity index (χ0n) is 14.1. The van der Waals surface area contributed by atoms with E-state index in [0.29, 0.717) is 5.75 Å². The van der Waals surface area contributed by atoms with E-state index in [9.17, 15) is 9.36 Å². The van der Waals surface area contributed by atoms with Crippen LogP contribution in [0.5, 0.6) is 5.75 Å². The summed E-state index contributed by atoms with van der Waals surface area (Å²) in [5, 5.41) is 2.60. The number of hydrogen-bond donors (Lipinski definition) is 1. The Kier molecular flexibility index (Phi) is 7.06. The number of ether oxygens (including phenoxy) is 1. The quantitative estimate of drug-likeness (QED) is 0.527. The Balaban J connectivity index is 1.99. The van der Waals surface area contributed by atoms with E-state index in [1.165, 1.54) is 0 Å². The van der Waals surface area contributed by atoms with E-state index >= 15 is 0 Å². The summed E-state index contributed by atoms with van der Waals surface area (Å²) < 4.78 is 23.1. The second-order valence-corrected chi connectivity index (χ2v) is 8.56. The summed E-state index contributed by atoms with van der Waals surface area (Å²) in [4.78, 5) is 12.4. The molecule has 0 aliphatic carbocycles. The van der Waals surface area contributed by atoms with Crippen molar-refractivity contribution in [1.29, 1.82) is 0 Å². The molecule has 5 nitrogen and oxygen atoms in total. The molecule has 2 aromatic carbocycles. The summed E-state index contributed by atoms with van der Waals surface area (Å²) in [7, 11) is 0. The minimum atomic E-state index is -3.75. The summed E-state index contributed by atoms with van der Waals surface area (Å²) in [5.74, 6) is -0.361. The van der Waals surface area contributed by atoms with Crippen LogP contribution < -0.4 is 9.61 Å². The van der Waals surface area contributed by atoms with Crippen LogP contribution in [0, 0.1) is 5.92 Å². The number of halogens is 1. The van der Waals surface area contributed by atoms with Gasteiger partial charge in [-0.1, -0.05) is 62.4 Å². The predicted molar refractivity (Wildman–Crippen MR) is 98.5 cm³/mol. The van der Waals surface area contributed by atoms with Gasteiger partial charge in [-0.25, -0.2) is 9.65 Å². The Morgan fingerprint density at radius 2 is 1.64 bits per heavy atom. The van der Waals surface area contributed by atoms with Crippen LogP contribution in [0.15, 0.2) is 60.7 Å². The Labute approximate surface area is 152 Å². The number of carbonyl (C=O) groups excluding carboxylic acids is 1. The van der Waals surface area contributed by atoms with Gasteiger partial charge >= 0.3 is 12.8 Å². The van der Waals surface area contributed by atoms with E-state index in [0.717, 1.165) is 5.56 Å². The molecule has 2 aromatic rings. The fourth-order valence-electron chi connectivity index (χ4n) is 2.10. The molecule has 0 saturated carbocycles. The highest BCUT2D eigenvalue weighted by Gasteiger charge is 2.33. The molecular weight excluding hydrogens is 361 g/mol. The van der Waals surface area contributed by atoms with Crippen LogP contribution >= 0.6 is 18.1 Å². The fourth-order valence-corrected chi connectivity index (χ4v) is 3.84. The van der Waals surface area contributed by atoms with Crippen molar-refractivity contribution in [2.75, 3.05) is 0 Å². The molecule has 0 bridgehead atoms. The van der Waals surface area contributed by atoms with E-state index in [4.69, 9.17) is 20.5 Å². The third-order valence-electron chi connectivity index (χ3n) is 3.40. The topological polar surface area (TPSA) is 64.6 Å². The lowest BCUT2D eigenvalue weighted by Crippen LogP contribution is -2.40. The summed E-state index contributed by atoms with van der Waals surface area (Å²) in [6, 6.07) is 17.0. The van der Waals surface area contributed by atoms with Gasteiger partial charge in [0.25, 0.3) is 0 Å². The Hall–Kier alpha value is -1.81. The maximum Gasteiger partial charge on any atom is 0.409 e. The summed E-state index contributed by atoms with van der Waals surface area (Å²) >= 11 is 5.99. The monoisotopic (exact) mass is 381 g/mol. The van der Waals surface area contributed by atoms with Gasteiger partial charge < -0.3 is 9.26 Å². The van der Waals surface area contributed by atoms with Crippen LogP contribution in [0.25, 0.3) is 0 Å². The van der Waals surface area contributed by atoms with Gasteiger partial charge in [0, 0.05) is 11.2 Å². The molecule has 0 aromatic heterocycles. The van der Waals surface area contributed by atoms with E-state index in [-0.39, 0.29) is 12.5 Å². The van der Waals surface area contributed by atoms with Crippen molar-refractivity contribution in [1.82, 2.24) is 5.09 Å². The second-order valence-electron chi connectivity index (χ2n) is 5.83. The van der Waals surface area contributed by atoms with Gasteiger partial charge in [0.15, 0.2) is 0 Å². The lowest BCUT2D eigenvalue weighted by molar-refractivity contribution is -0.148. The van der Waals surface area contributed by atoms with Crippen LogP contribution in [-0.4, -0.2) is 12.0 Å². The van der Waals surface area contributed by atoms with E-state index < -0.39 is 18.9 Å². The largest absolute Gasteiger partial charge is 0.460 e. The van der Waals surface area contributed by atoms with Crippen molar-refractivity contribution in [3.63, 3.8) is 0 Å². The van der Waals surface area contributed by atoms with Crippen LogP contribution in [0.4, 0.5) is 0 Å². The van der Waals surface area contributed by atoms with Crippen molar-refractivity contribution in [3.8, 4) is 5.75 Å². The van der Waals surface area contributed by atoms with Crippen LogP contribution in [0.1, 0.15) is 19.4 Å². The molecule has 0 fully saturated rings. The molecule has 1 N–H and O–H groups in total. The number of para-hydroxylation sites is 1. The number of rotatable bonds is 8.